The van der Waals surface area contributed by atoms with E-state index in [-0.39, 0.29) is 23.4 Å². The van der Waals surface area contributed by atoms with E-state index in [0.717, 1.165) is 17.5 Å². The Morgan fingerprint density at radius 2 is 1.61 bits per heavy atom. The van der Waals surface area contributed by atoms with E-state index in [1.54, 1.807) is 48.5 Å². The van der Waals surface area contributed by atoms with Crippen LogP contribution in [0.4, 0.5) is 13.2 Å². The summed E-state index contributed by atoms with van der Waals surface area (Å²) in [5, 5.41) is 13.0. The molecule has 1 amide bonds. The average molecular weight is 518 g/mol. The Hall–Kier alpha value is -4.59. The minimum absolute atomic E-state index is 0.136. The first-order chi connectivity index (χ1) is 18.2. The molecule has 1 saturated heterocycles. The second-order valence-corrected chi connectivity index (χ2v) is 8.93. The van der Waals surface area contributed by atoms with Gasteiger partial charge in [-0.1, -0.05) is 66.7 Å². The number of ketones is 1. The Balaban J connectivity index is 1.67. The molecule has 4 aromatic rings. The fraction of sp³-hybridized carbons (Fsp3) is 0.133. The monoisotopic (exact) mass is 517 g/mol. The number of aliphatic hydroxyl groups is 1. The summed E-state index contributed by atoms with van der Waals surface area (Å²) in [6, 6.07) is 22.8. The van der Waals surface area contributed by atoms with E-state index in [9.17, 15) is 27.9 Å². The number of amides is 1. The second-order valence-electron chi connectivity index (χ2n) is 8.93. The van der Waals surface area contributed by atoms with E-state index in [1.165, 1.54) is 24.1 Å². The second kappa shape index (κ2) is 9.70. The van der Waals surface area contributed by atoms with Crippen molar-refractivity contribution in [2.75, 3.05) is 7.11 Å². The lowest BCUT2D eigenvalue weighted by Crippen LogP contribution is -2.29. The number of hydrogen-bond donors (Lipinski definition) is 1. The fourth-order valence-corrected chi connectivity index (χ4v) is 4.80. The smallest absolute Gasteiger partial charge is 0.416 e. The maximum absolute atomic E-state index is 13.4. The summed E-state index contributed by atoms with van der Waals surface area (Å²) in [6.07, 6.45) is -4.56. The molecule has 0 spiro atoms. The number of aliphatic hydroxyl groups excluding tert-OH is 1. The number of likely N-dealkylation sites (tertiary alicyclic amines) is 1. The van der Waals surface area contributed by atoms with Crippen molar-refractivity contribution in [3.63, 3.8) is 0 Å². The van der Waals surface area contributed by atoms with E-state index in [4.69, 9.17) is 4.74 Å². The van der Waals surface area contributed by atoms with Gasteiger partial charge in [0, 0.05) is 12.1 Å². The van der Waals surface area contributed by atoms with E-state index in [1.807, 2.05) is 18.2 Å². The van der Waals surface area contributed by atoms with Gasteiger partial charge in [-0.2, -0.15) is 13.2 Å². The lowest BCUT2D eigenvalue weighted by Gasteiger charge is -2.26. The van der Waals surface area contributed by atoms with Gasteiger partial charge in [0.15, 0.2) is 0 Å². The minimum Gasteiger partial charge on any atom is -0.507 e. The Bertz CT molecular complexity index is 1570. The van der Waals surface area contributed by atoms with E-state index in [2.05, 4.69) is 0 Å². The van der Waals surface area contributed by atoms with Crippen molar-refractivity contribution in [3.8, 4) is 5.75 Å². The number of methoxy groups -OCH3 is 1. The molecule has 0 radical (unpaired) electrons. The molecular weight excluding hydrogens is 495 g/mol. The molecule has 1 atom stereocenters. The summed E-state index contributed by atoms with van der Waals surface area (Å²) in [4.78, 5) is 27.9. The van der Waals surface area contributed by atoms with Gasteiger partial charge in [0.2, 0.25) is 0 Å². The lowest BCUT2D eigenvalue weighted by molar-refractivity contribution is -0.140. The number of carbonyl (C=O) groups is 2. The van der Waals surface area contributed by atoms with Gasteiger partial charge in [-0.25, -0.2) is 0 Å². The molecule has 4 aromatic carbocycles. The first kappa shape index (κ1) is 25.1. The van der Waals surface area contributed by atoms with Crippen LogP contribution in [0.5, 0.6) is 5.75 Å². The molecule has 1 heterocycles. The maximum Gasteiger partial charge on any atom is 0.416 e. The van der Waals surface area contributed by atoms with Gasteiger partial charge < -0.3 is 14.7 Å². The molecule has 38 heavy (non-hydrogen) atoms. The first-order valence-corrected chi connectivity index (χ1v) is 11.8. The Morgan fingerprint density at radius 1 is 0.921 bits per heavy atom. The number of rotatable bonds is 5. The highest BCUT2D eigenvalue weighted by molar-refractivity contribution is 6.46. The number of ether oxygens (including phenoxy) is 1. The molecule has 5 rings (SSSR count). The van der Waals surface area contributed by atoms with Crippen molar-refractivity contribution >= 4 is 28.2 Å². The van der Waals surface area contributed by atoms with E-state index in [0.29, 0.717) is 22.3 Å². The number of Topliss-reactive ketones (excluding diaryl/α,β-unsaturated/α-hetero) is 1. The minimum atomic E-state index is -4.56. The van der Waals surface area contributed by atoms with Crippen LogP contribution < -0.4 is 4.74 Å². The van der Waals surface area contributed by atoms with Crippen molar-refractivity contribution in [2.24, 2.45) is 0 Å². The maximum atomic E-state index is 13.4. The number of benzene rings is 4. The average Bonchev–Trinajstić information content (AvgIpc) is 3.17. The SMILES string of the molecule is COc1ccc(C2/C(=C(/O)c3cccc4ccccc34)C(=O)C(=O)N2Cc2cccc(C(F)(F)F)c2)cc1. The zero-order valence-electron chi connectivity index (χ0n) is 20.2. The Morgan fingerprint density at radius 3 is 2.32 bits per heavy atom. The standard InChI is InChI=1S/C30H22F3NO4/c1-38-22-14-12-20(13-15-22)26-25(27(35)24-11-5-8-19-7-2-3-10-23(19)24)28(36)29(37)34(26)17-18-6-4-9-21(16-18)30(31,32)33/h2-16,26,35H,17H2,1H3/b27-25-. The van der Waals surface area contributed by atoms with Crippen LogP contribution in [-0.4, -0.2) is 28.8 Å². The zero-order chi connectivity index (χ0) is 27.0. The van der Waals surface area contributed by atoms with Crippen molar-refractivity contribution in [1.82, 2.24) is 4.90 Å². The van der Waals surface area contributed by atoms with Gasteiger partial charge in [-0.3, -0.25) is 9.59 Å². The van der Waals surface area contributed by atoms with Gasteiger partial charge in [-0.15, -0.1) is 0 Å². The third kappa shape index (κ3) is 4.49. The molecule has 192 valence electrons. The van der Waals surface area contributed by atoms with Crippen LogP contribution in [0.2, 0.25) is 0 Å². The van der Waals surface area contributed by atoms with Gasteiger partial charge in [-0.05, 0) is 46.2 Å². The summed E-state index contributed by atoms with van der Waals surface area (Å²) in [7, 11) is 1.50. The predicted octanol–water partition coefficient (Wildman–Crippen LogP) is 6.49. The van der Waals surface area contributed by atoms with E-state index < -0.39 is 29.5 Å². The van der Waals surface area contributed by atoms with Gasteiger partial charge >= 0.3 is 6.18 Å². The van der Waals surface area contributed by atoms with Crippen molar-refractivity contribution < 1.29 is 32.6 Å². The molecular formula is C30H22F3NO4. The number of fused-ring (bicyclic) bond motifs is 1. The quantitative estimate of drug-likeness (QED) is 0.187. The van der Waals surface area contributed by atoms with Gasteiger partial charge in [0.05, 0.1) is 24.3 Å². The van der Waals surface area contributed by atoms with Crippen LogP contribution in [0, 0.1) is 0 Å². The summed E-state index contributed by atoms with van der Waals surface area (Å²) in [6.45, 7) is -0.266. The normalized spacial score (nSPS) is 17.3. The van der Waals surface area contributed by atoms with Crippen molar-refractivity contribution in [3.05, 3.63) is 119 Å². The topological polar surface area (TPSA) is 66.8 Å². The van der Waals surface area contributed by atoms with E-state index >= 15 is 0 Å². The summed E-state index contributed by atoms with van der Waals surface area (Å²) >= 11 is 0. The Labute approximate surface area is 216 Å². The molecule has 0 saturated carbocycles. The van der Waals surface area contributed by atoms with Gasteiger partial charge in [0.25, 0.3) is 11.7 Å². The molecule has 1 fully saturated rings. The number of nitrogens with zero attached hydrogens (tertiary/aromatic N) is 1. The van der Waals surface area contributed by atoms with Crippen LogP contribution in [0.3, 0.4) is 0 Å². The molecule has 1 aliphatic rings. The molecule has 1 N–H and O–H groups in total. The summed E-state index contributed by atoms with van der Waals surface area (Å²) in [5.74, 6) is -1.64. The molecule has 8 heteroatoms. The molecule has 5 nitrogen and oxygen atoms in total. The van der Waals surface area contributed by atoms with Crippen LogP contribution >= 0.6 is 0 Å². The highest BCUT2D eigenvalue weighted by Gasteiger charge is 2.46. The number of hydrogen-bond acceptors (Lipinski definition) is 4. The third-order valence-corrected chi connectivity index (χ3v) is 6.62. The molecule has 1 unspecified atom stereocenters. The Kier molecular flexibility index (Phi) is 6.40. The number of alkyl halides is 3. The molecule has 1 aliphatic heterocycles. The largest absolute Gasteiger partial charge is 0.507 e. The summed E-state index contributed by atoms with van der Waals surface area (Å²) < 4.78 is 45.2. The lowest BCUT2D eigenvalue weighted by atomic mass is 9.93. The van der Waals surface area contributed by atoms with Crippen LogP contribution in [0.25, 0.3) is 16.5 Å². The summed E-state index contributed by atoms with van der Waals surface area (Å²) in [5.41, 5.74) is 0.0784. The highest BCUT2D eigenvalue weighted by Crippen LogP contribution is 2.42. The predicted molar refractivity (Wildman–Crippen MR) is 136 cm³/mol. The zero-order valence-corrected chi connectivity index (χ0v) is 20.2. The molecule has 0 aliphatic carbocycles. The van der Waals surface area contributed by atoms with Gasteiger partial charge in [0.1, 0.15) is 11.5 Å². The molecule has 0 aromatic heterocycles. The van der Waals surface area contributed by atoms with Crippen LogP contribution in [0.1, 0.15) is 28.3 Å². The van der Waals surface area contributed by atoms with Crippen molar-refractivity contribution in [1.29, 1.82) is 0 Å². The fourth-order valence-electron chi connectivity index (χ4n) is 4.80. The number of halogens is 3. The molecule has 0 bridgehead atoms. The third-order valence-electron chi connectivity index (χ3n) is 6.62. The number of carbonyl (C=O) groups excluding carboxylic acids is 2. The van der Waals surface area contributed by atoms with Crippen LogP contribution in [-0.2, 0) is 22.3 Å². The van der Waals surface area contributed by atoms with Crippen LogP contribution in [0.15, 0.2) is 96.6 Å². The van der Waals surface area contributed by atoms with Crippen molar-refractivity contribution in [2.45, 2.75) is 18.8 Å². The first-order valence-electron chi connectivity index (χ1n) is 11.8. The highest BCUT2D eigenvalue weighted by atomic mass is 19.4.